The molecule has 0 spiro atoms. The summed E-state index contributed by atoms with van der Waals surface area (Å²) in [7, 11) is 0. The van der Waals surface area contributed by atoms with Gasteiger partial charge in [0.05, 0.1) is 49.7 Å². The Balaban J connectivity index is 0.000000280. The molecule has 0 fully saturated rings. The first-order valence-corrected chi connectivity index (χ1v) is 21.4. The molecular weight excluding hydrogens is 857 g/mol. The fraction of sp³-hybridized carbons (Fsp3) is 0.360. The maximum atomic E-state index is 11.2. The number of benzene rings is 4. The molecule has 14 nitrogen and oxygen atoms in total. The Morgan fingerprint density at radius 1 is 0.554 bits per heavy atom. The number of aliphatic carboxylic acids is 2. The van der Waals surface area contributed by atoms with Gasteiger partial charge in [-0.05, 0) is 130 Å². The van der Waals surface area contributed by atoms with Crippen molar-refractivity contribution in [2.24, 2.45) is 0 Å². The molecule has 0 unspecified atom stereocenters. The van der Waals surface area contributed by atoms with E-state index in [0.29, 0.717) is 61.2 Å². The van der Waals surface area contributed by atoms with Gasteiger partial charge < -0.3 is 48.2 Å². The van der Waals surface area contributed by atoms with Crippen LogP contribution in [0.25, 0.3) is 11.4 Å². The van der Waals surface area contributed by atoms with E-state index in [0.717, 1.165) is 48.2 Å². The van der Waals surface area contributed by atoms with Crippen molar-refractivity contribution < 1.29 is 48.2 Å². The molecule has 0 N–H and O–H groups in total. The first-order valence-electron chi connectivity index (χ1n) is 21.4. The molecule has 4 aromatic carbocycles. The minimum atomic E-state index is -1.42. The van der Waals surface area contributed by atoms with Crippen LogP contribution in [0.4, 0.5) is 0 Å². The van der Waals surface area contributed by atoms with Crippen LogP contribution < -0.4 is 38.6 Å². The molecule has 0 saturated carbocycles. The van der Waals surface area contributed by atoms with E-state index < -0.39 is 23.1 Å². The molecule has 0 amide bonds. The molecule has 6 rings (SSSR count). The largest absolute Gasteiger partial charge is 2.00 e. The van der Waals surface area contributed by atoms with Crippen LogP contribution in [0.15, 0.2) is 109 Å². The van der Waals surface area contributed by atoms with E-state index in [4.69, 9.17) is 28.4 Å². The molecule has 0 aliphatic carbocycles. The van der Waals surface area contributed by atoms with E-state index in [9.17, 15) is 19.8 Å². The molecule has 15 heteroatoms. The van der Waals surface area contributed by atoms with Crippen LogP contribution in [0.2, 0.25) is 0 Å². The molecule has 2 aromatic heterocycles. The number of carbonyl (C=O) groups is 2. The van der Waals surface area contributed by atoms with Crippen molar-refractivity contribution in [2.45, 2.75) is 92.3 Å². The molecule has 2 heterocycles. The second-order valence-electron chi connectivity index (χ2n) is 16.0. The maximum Gasteiger partial charge on any atom is 2.00 e. The Labute approximate surface area is 411 Å². The van der Waals surface area contributed by atoms with Gasteiger partial charge in [-0.25, -0.2) is 9.36 Å². The van der Waals surface area contributed by atoms with Crippen molar-refractivity contribution in [2.75, 3.05) is 26.4 Å². The monoisotopic (exact) mass is 914 g/mol. The van der Waals surface area contributed by atoms with Crippen molar-refractivity contribution in [3.05, 3.63) is 132 Å². The molecule has 0 saturated heterocycles. The molecular formula is C50H58CaN4O10. The van der Waals surface area contributed by atoms with Crippen LogP contribution in [0.5, 0.6) is 34.8 Å². The maximum absolute atomic E-state index is 11.2. The van der Waals surface area contributed by atoms with Gasteiger partial charge in [-0.2, -0.15) is 0 Å². The average Bonchev–Trinajstić information content (AvgIpc) is 3.85. The number of hydrogen-bond acceptors (Lipinski definition) is 12. The number of aromatic nitrogens is 4. The van der Waals surface area contributed by atoms with Gasteiger partial charge in [-0.1, -0.05) is 47.5 Å². The van der Waals surface area contributed by atoms with Crippen LogP contribution >= 0.6 is 0 Å². The van der Waals surface area contributed by atoms with E-state index in [1.807, 2.05) is 59.9 Å². The number of hydrogen-bond donors (Lipinski definition) is 0. The van der Waals surface area contributed by atoms with Crippen LogP contribution in [-0.4, -0.2) is 107 Å². The summed E-state index contributed by atoms with van der Waals surface area (Å²) in [6.45, 7) is 15.8. The van der Waals surface area contributed by atoms with Gasteiger partial charge in [0.25, 0.3) is 0 Å². The Bertz CT molecular complexity index is 2260. The van der Waals surface area contributed by atoms with Crippen LogP contribution in [0, 0.1) is 13.8 Å². The third kappa shape index (κ3) is 15.8. The smallest absolute Gasteiger partial charge is 0.546 e. The van der Waals surface area contributed by atoms with Crippen molar-refractivity contribution in [1.82, 2.24) is 19.6 Å². The first-order chi connectivity index (χ1) is 30.6. The second-order valence-corrected chi connectivity index (χ2v) is 16.0. The summed E-state index contributed by atoms with van der Waals surface area (Å²) in [5.74, 6) is 0.750. The van der Waals surface area contributed by atoms with Crippen molar-refractivity contribution in [1.29, 1.82) is 0 Å². The zero-order valence-electron chi connectivity index (χ0n) is 38.6. The summed E-state index contributed by atoms with van der Waals surface area (Å²) in [5, 5.41) is 31.5. The van der Waals surface area contributed by atoms with Crippen LogP contribution in [0.1, 0.15) is 76.6 Å². The van der Waals surface area contributed by atoms with Crippen molar-refractivity contribution in [3.8, 4) is 46.1 Å². The summed E-state index contributed by atoms with van der Waals surface area (Å²) in [6, 6.07) is 30.2. The number of rotatable bonds is 22. The summed E-state index contributed by atoms with van der Waals surface area (Å²) >= 11 is 0. The number of carboxylic acids is 2. The molecule has 65 heavy (non-hydrogen) atoms. The summed E-state index contributed by atoms with van der Waals surface area (Å²) in [5.41, 5.74) is 3.54. The molecule has 0 radical (unpaired) electrons. The number of carboxylic acid groups (broad SMARTS) is 2. The van der Waals surface area contributed by atoms with Crippen molar-refractivity contribution >= 4 is 49.7 Å². The number of ether oxygens (including phenoxy) is 6. The summed E-state index contributed by atoms with van der Waals surface area (Å²) in [6.07, 6.45) is 6.99. The summed E-state index contributed by atoms with van der Waals surface area (Å²) in [4.78, 5) is 22.3. The fourth-order valence-electron chi connectivity index (χ4n) is 6.14. The van der Waals surface area contributed by atoms with Gasteiger partial charge in [0.2, 0.25) is 11.8 Å². The predicted octanol–water partition coefficient (Wildman–Crippen LogP) is 6.62. The Morgan fingerprint density at radius 3 is 1.25 bits per heavy atom. The Morgan fingerprint density at radius 2 is 0.908 bits per heavy atom. The quantitative estimate of drug-likeness (QED) is 0.0528. The van der Waals surface area contributed by atoms with Gasteiger partial charge in [0.1, 0.15) is 34.2 Å². The van der Waals surface area contributed by atoms with E-state index in [-0.39, 0.29) is 37.7 Å². The van der Waals surface area contributed by atoms with E-state index in [1.54, 1.807) is 48.5 Å². The van der Waals surface area contributed by atoms with Crippen molar-refractivity contribution in [3.63, 3.8) is 0 Å². The minimum Gasteiger partial charge on any atom is -0.546 e. The SMILES string of the molecule is CCOc1nn(-c2ccc(C)cc2)cc1CCCOc1cccc(OC(C)(C)C(=O)[O-])c1.CCOc1nn(-c2ccc(C)cc2)cc1CCCOc1cccc(OC(C)(C)C(=O)[O-])c1.[Ca+2]. The normalized spacial score (nSPS) is 11.1. The first kappa shape index (κ1) is 51.9. The predicted molar refractivity (Wildman–Crippen MR) is 245 cm³/mol. The zero-order valence-corrected chi connectivity index (χ0v) is 40.8. The number of nitrogens with zero attached hydrogens (tertiary/aromatic N) is 4. The van der Waals surface area contributed by atoms with Crippen LogP contribution in [0.3, 0.4) is 0 Å². The molecule has 6 aromatic rings. The standard InChI is InChI=1S/2C25H30N2O5.Ca/c2*1-5-30-23-19(17-27(26-23)20-13-11-18(2)12-14-20)8-7-15-31-21-9-6-10-22(16-21)32-25(3,4)24(28)29;/h2*6,9-14,16-17H,5,7-8,15H2,1-4H3,(H,28,29);/q;;+2/p-2. The van der Waals surface area contributed by atoms with E-state index in [2.05, 4.69) is 48.3 Å². The third-order valence-corrected chi connectivity index (χ3v) is 9.72. The van der Waals surface area contributed by atoms with Gasteiger partial charge >= 0.3 is 37.7 Å². The van der Waals surface area contributed by atoms with E-state index in [1.165, 1.54) is 38.8 Å². The molecule has 0 bridgehead atoms. The molecule has 0 aliphatic heterocycles. The molecule has 0 atom stereocenters. The average molecular weight is 915 g/mol. The van der Waals surface area contributed by atoms with Gasteiger partial charge in [0.15, 0.2) is 0 Å². The fourth-order valence-corrected chi connectivity index (χ4v) is 6.14. The summed E-state index contributed by atoms with van der Waals surface area (Å²) < 4.78 is 37.8. The Kier molecular flexibility index (Phi) is 19.6. The van der Waals surface area contributed by atoms with Gasteiger partial charge in [-0.3, -0.25) is 0 Å². The number of aryl methyl sites for hydroxylation is 4. The van der Waals surface area contributed by atoms with Gasteiger partial charge in [-0.15, -0.1) is 10.2 Å². The van der Waals surface area contributed by atoms with E-state index >= 15 is 0 Å². The number of carbonyl (C=O) groups excluding carboxylic acids is 2. The molecule has 340 valence electrons. The van der Waals surface area contributed by atoms with Gasteiger partial charge in [0, 0.05) is 35.7 Å². The second kappa shape index (κ2) is 24.6. The van der Waals surface area contributed by atoms with Crippen LogP contribution in [-0.2, 0) is 22.4 Å². The minimum absolute atomic E-state index is 0. The Hall–Kier alpha value is -5.70. The third-order valence-electron chi connectivity index (χ3n) is 9.72. The molecule has 0 aliphatic rings. The topological polar surface area (TPSA) is 171 Å². The zero-order chi connectivity index (χ0) is 46.3.